The molecule has 0 aromatic heterocycles. The largest absolute Gasteiger partial charge is 0.481 e. The minimum atomic E-state index is -1.36. The van der Waals surface area contributed by atoms with Gasteiger partial charge in [-0.1, -0.05) is 13.3 Å². The molecule has 0 rings (SSSR count). The molecule has 0 unspecified atom stereocenters. The molecule has 0 aromatic carbocycles. The van der Waals surface area contributed by atoms with Gasteiger partial charge in [0.05, 0.1) is 13.0 Å². The predicted molar refractivity (Wildman–Crippen MR) is 46.1 cm³/mol. The lowest BCUT2D eigenvalue weighted by atomic mass is 10.2. The fraction of sp³-hybridized carbons (Fsp3) is 0.750. The summed E-state index contributed by atoms with van der Waals surface area (Å²) >= 11 is 0. The lowest BCUT2D eigenvalue weighted by molar-refractivity contribution is -0.149. The molecule has 0 aliphatic heterocycles. The number of carboxylic acid groups (broad SMARTS) is 1. The van der Waals surface area contributed by atoms with Crippen LogP contribution in [0.4, 0.5) is 0 Å². The van der Waals surface area contributed by atoms with E-state index >= 15 is 0 Å². The number of nitrogens with two attached hydrogens (primary N) is 1. The highest BCUT2D eigenvalue weighted by Crippen LogP contribution is 1.94. The number of carbonyl (C=O) groups is 2. The first kappa shape index (κ1) is 8.50. The number of hydrogen-bond acceptors (Lipinski definition) is 4. The van der Waals surface area contributed by atoms with Crippen molar-refractivity contribution in [1.29, 1.82) is 0 Å². The van der Waals surface area contributed by atoms with Gasteiger partial charge < -0.3 is 15.6 Å². The van der Waals surface area contributed by atoms with Crippen molar-refractivity contribution in [1.82, 2.24) is 0 Å². The van der Waals surface area contributed by atoms with Crippen LogP contribution in [0.3, 0.4) is 0 Å². The summed E-state index contributed by atoms with van der Waals surface area (Å²) in [6.07, 6.45) is 0.932. The van der Waals surface area contributed by atoms with Crippen molar-refractivity contribution < 1.29 is 22.3 Å². The van der Waals surface area contributed by atoms with Crippen LogP contribution in [-0.2, 0) is 14.3 Å². The van der Waals surface area contributed by atoms with E-state index in [4.69, 9.17) is 12.7 Å². The van der Waals surface area contributed by atoms with E-state index in [9.17, 15) is 9.59 Å². The molecule has 76 valence electrons. The van der Waals surface area contributed by atoms with Crippen LogP contribution < -0.4 is 5.72 Å². The molecule has 0 saturated heterocycles. The second kappa shape index (κ2) is 6.42. The fourth-order valence-electron chi connectivity index (χ4n) is 0.662. The van der Waals surface area contributed by atoms with Crippen molar-refractivity contribution in [3.63, 3.8) is 0 Å². The number of esters is 1. The second-order valence-electron chi connectivity index (χ2n) is 2.63. The van der Waals surface area contributed by atoms with E-state index in [1.54, 1.807) is 0 Å². The van der Waals surface area contributed by atoms with Crippen molar-refractivity contribution in [2.45, 2.75) is 32.2 Å². The van der Waals surface area contributed by atoms with Crippen LogP contribution in [0, 0.1) is 0 Å². The summed E-state index contributed by atoms with van der Waals surface area (Å²) in [4.78, 5) is 21.6. The van der Waals surface area contributed by atoms with Gasteiger partial charge in [0.25, 0.3) is 0 Å². The summed E-state index contributed by atoms with van der Waals surface area (Å²) in [5, 5.41) is 8.45. The fourth-order valence-corrected chi connectivity index (χ4v) is 0.662. The molecular formula is C8H15NO4. The molecule has 0 fully saturated rings. The van der Waals surface area contributed by atoms with Crippen molar-refractivity contribution in [3.8, 4) is 0 Å². The Hall–Kier alpha value is -1.10. The molecule has 0 amide bonds. The molecule has 0 aromatic rings. The van der Waals surface area contributed by atoms with Crippen LogP contribution >= 0.6 is 0 Å². The van der Waals surface area contributed by atoms with Gasteiger partial charge in [0, 0.05) is 0 Å². The molecule has 0 heterocycles. The van der Waals surface area contributed by atoms with Crippen LogP contribution in [0.2, 0.25) is 2.82 Å². The molecule has 0 saturated carbocycles. The van der Waals surface area contributed by atoms with Crippen LogP contribution in [0.15, 0.2) is 0 Å². The third kappa shape index (κ3) is 6.10. The van der Waals surface area contributed by atoms with Gasteiger partial charge in [0.1, 0.15) is 8.87 Å². The molecule has 1 atom stereocenters. The SMILES string of the molecule is [3H]N([3H])[C@@H](CC(=O)O)C(=O)OCCCC. The van der Waals surface area contributed by atoms with Gasteiger partial charge in [-0.3, -0.25) is 9.59 Å². The number of carboxylic acids is 1. The van der Waals surface area contributed by atoms with Crippen LogP contribution in [0.1, 0.15) is 26.2 Å². The summed E-state index contributed by atoms with van der Waals surface area (Å²) in [5.74, 6) is -2.08. The summed E-state index contributed by atoms with van der Waals surface area (Å²) < 4.78 is 18.5. The molecule has 0 aliphatic carbocycles. The average molecular weight is 193 g/mol. The Morgan fingerprint density at radius 2 is 2.38 bits per heavy atom. The Bertz CT molecular complexity index is 223. The zero-order valence-electron chi connectivity index (χ0n) is 9.52. The standard InChI is InChI=1S/C8H15NO4/c1-2-3-4-13-8(12)6(9)5-7(10)11/h6H,2-5,9H2,1H3,(H,10,11)/t6-/m0/s1/i/hT2. The predicted octanol–water partition coefficient (Wildman–Crippen LogP) is 0.132. The zero-order chi connectivity index (χ0) is 11.8. The van der Waals surface area contributed by atoms with Crippen LogP contribution in [0.25, 0.3) is 0 Å². The monoisotopic (exact) mass is 193 g/mol. The highest BCUT2D eigenvalue weighted by atomic mass is 16.5. The number of hydrogen-bond donors (Lipinski definition) is 2. The number of carbonyl (C=O) groups excluding carboxylic acids is 1. The van der Waals surface area contributed by atoms with Crippen molar-refractivity contribution in [2.24, 2.45) is 5.72 Å². The Morgan fingerprint density at radius 3 is 2.85 bits per heavy atom. The Kier molecular flexibility index (Phi) is 4.20. The Balaban J connectivity index is 4.11. The third-order valence-electron chi connectivity index (χ3n) is 1.38. The molecule has 13 heavy (non-hydrogen) atoms. The van der Waals surface area contributed by atoms with Gasteiger partial charge in [0.2, 0.25) is 0 Å². The van der Waals surface area contributed by atoms with Crippen molar-refractivity contribution >= 4 is 11.9 Å². The minimum absolute atomic E-state index is 0.0579. The number of aliphatic carboxylic acids is 1. The first-order valence-corrected chi connectivity index (χ1v) is 4.14. The number of rotatable bonds is 7. The van der Waals surface area contributed by atoms with Crippen LogP contribution in [0.5, 0.6) is 0 Å². The van der Waals surface area contributed by atoms with Crippen molar-refractivity contribution in [3.05, 3.63) is 0 Å². The van der Waals surface area contributed by atoms with Gasteiger partial charge in [0.15, 0.2) is 0 Å². The van der Waals surface area contributed by atoms with Gasteiger partial charge in [-0.2, -0.15) is 0 Å². The number of unbranched alkanes of at least 4 members (excludes halogenated alkanes) is 1. The molecule has 3 N–H and O–H groups in total. The lowest BCUT2D eigenvalue weighted by Gasteiger charge is -2.08. The van der Waals surface area contributed by atoms with E-state index < -0.39 is 24.4 Å². The van der Waals surface area contributed by atoms with E-state index in [1.807, 2.05) is 6.92 Å². The van der Waals surface area contributed by atoms with E-state index in [-0.39, 0.29) is 12.3 Å². The normalized spacial score (nSPS) is 14.6. The van der Waals surface area contributed by atoms with E-state index in [2.05, 4.69) is 0 Å². The maximum Gasteiger partial charge on any atom is 0.323 e. The molecular weight excluding hydrogens is 174 g/mol. The highest BCUT2D eigenvalue weighted by Gasteiger charge is 2.17. The molecule has 5 heteroatoms. The first-order valence-electron chi connectivity index (χ1n) is 5.03. The summed E-state index contributed by atoms with van der Waals surface area (Å²) in [6, 6.07) is -1.36. The Morgan fingerprint density at radius 1 is 1.69 bits per heavy atom. The third-order valence-corrected chi connectivity index (χ3v) is 1.38. The smallest absolute Gasteiger partial charge is 0.323 e. The quantitative estimate of drug-likeness (QED) is 0.443. The van der Waals surface area contributed by atoms with E-state index in [0.717, 1.165) is 6.42 Å². The molecule has 0 spiro atoms. The lowest BCUT2D eigenvalue weighted by Crippen LogP contribution is -2.34. The van der Waals surface area contributed by atoms with Gasteiger partial charge in [-0.05, 0) is 6.42 Å². The van der Waals surface area contributed by atoms with Gasteiger partial charge >= 0.3 is 11.9 Å². The van der Waals surface area contributed by atoms with Gasteiger partial charge in [-0.25, -0.2) is 0 Å². The number of ether oxygens (including phenoxy) is 1. The maximum atomic E-state index is 11.2. The first-order chi connectivity index (χ1) is 6.99. The minimum Gasteiger partial charge on any atom is -0.481 e. The molecule has 0 radical (unpaired) electrons. The summed E-state index contributed by atoms with van der Waals surface area (Å²) in [6.45, 7) is 2.11. The van der Waals surface area contributed by atoms with Gasteiger partial charge in [-0.15, -0.1) is 0 Å². The maximum absolute atomic E-state index is 11.2. The van der Waals surface area contributed by atoms with Crippen LogP contribution in [-0.4, -0.2) is 29.7 Å². The second-order valence-corrected chi connectivity index (χ2v) is 2.63. The highest BCUT2D eigenvalue weighted by molar-refractivity contribution is 5.81. The van der Waals surface area contributed by atoms with E-state index in [0.29, 0.717) is 6.42 Å². The Labute approximate surface area is 79.8 Å². The van der Waals surface area contributed by atoms with E-state index in [1.165, 1.54) is 0 Å². The molecule has 5 nitrogen and oxygen atoms in total. The topological polar surface area (TPSA) is 89.6 Å². The van der Waals surface area contributed by atoms with Crippen molar-refractivity contribution in [2.75, 3.05) is 6.61 Å². The molecule has 0 aliphatic rings. The summed E-state index contributed by atoms with van der Waals surface area (Å²) in [7, 11) is 0. The zero-order valence-corrected chi connectivity index (χ0v) is 7.52. The average Bonchev–Trinajstić information content (AvgIpc) is 2.13. The molecule has 0 bridgehead atoms. The summed E-state index contributed by atoms with van der Waals surface area (Å²) in [5.41, 5.74) is 0.0579.